The van der Waals surface area contributed by atoms with E-state index in [0.717, 1.165) is 12.1 Å². The van der Waals surface area contributed by atoms with Crippen LogP contribution in [0.15, 0.2) is 24.3 Å². The van der Waals surface area contributed by atoms with Crippen molar-refractivity contribution in [1.29, 1.82) is 0 Å². The second-order valence-electron chi connectivity index (χ2n) is 3.48. The minimum Gasteiger partial charge on any atom is -0.491 e. The van der Waals surface area contributed by atoms with Gasteiger partial charge in [-0.2, -0.15) is 13.2 Å². The fourth-order valence-electron chi connectivity index (χ4n) is 1.22. The van der Waals surface area contributed by atoms with Crippen molar-refractivity contribution in [3.8, 4) is 5.75 Å². The summed E-state index contributed by atoms with van der Waals surface area (Å²) in [6.45, 7) is 3.82. The van der Waals surface area contributed by atoms with Crippen molar-refractivity contribution in [1.82, 2.24) is 0 Å². The molecule has 0 aliphatic rings. The maximum atomic E-state index is 12.4. The summed E-state index contributed by atoms with van der Waals surface area (Å²) in [4.78, 5) is 0. The van der Waals surface area contributed by atoms with Crippen LogP contribution in [0.4, 0.5) is 13.2 Å². The monoisotopic (exact) mass is 247 g/mol. The third-order valence-corrected chi connectivity index (χ3v) is 2.25. The molecule has 0 amide bonds. The fourth-order valence-corrected chi connectivity index (χ4v) is 1.22. The number of methoxy groups -OCH3 is 1. The molecule has 0 aliphatic heterocycles. The minimum atomic E-state index is -4.35. The van der Waals surface area contributed by atoms with Crippen molar-refractivity contribution in [2.24, 2.45) is 0 Å². The Morgan fingerprint density at radius 3 is 2.59 bits per heavy atom. The Balaban J connectivity index is 2.66. The maximum absolute atomic E-state index is 12.4. The van der Waals surface area contributed by atoms with Gasteiger partial charge in [-0.25, -0.2) is 0 Å². The molecule has 2 nitrogen and oxygen atoms in total. The number of hydrogen-bond donors (Lipinski definition) is 0. The van der Waals surface area contributed by atoms with Crippen LogP contribution in [0.1, 0.15) is 12.0 Å². The van der Waals surface area contributed by atoms with Gasteiger partial charge in [-0.05, 0) is 24.6 Å². The lowest BCUT2D eigenvalue weighted by molar-refractivity contribution is -0.137. The van der Waals surface area contributed by atoms with Crippen molar-refractivity contribution < 1.29 is 22.6 Å². The van der Waals surface area contributed by atoms with E-state index in [9.17, 15) is 13.2 Å². The van der Waals surface area contributed by atoms with Gasteiger partial charge in [0.2, 0.25) is 0 Å². The lowest BCUT2D eigenvalue weighted by atomic mass is 10.2. The van der Waals surface area contributed by atoms with Gasteiger partial charge in [0.25, 0.3) is 0 Å². The van der Waals surface area contributed by atoms with E-state index in [1.54, 1.807) is 0 Å². The van der Waals surface area contributed by atoms with Crippen LogP contribution < -0.4 is 4.74 Å². The predicted molar refractivity (Wildman–Crippen MR) is 57.7 cm³/mol. The number of halogens is 3. The molecule has 5 heteroatoms. The maximum Gasteiger partial charge on any atom is 0.416 e. The van der Waals surface area contributed by atoms with Gasteiger partial charge in [-0.1, -0.05) is 13.0 Å². The van der Waals surface area contributed by atoms with Gasteiger partial charge in [0.15, 0.2) is 0 Å². The number of ether oxygens (including phenoxy) is 2. The number of rotatable bonds is 5. The molecule has 1 atom stereocenters. The molecule has 0 N–H and O–H groups in total. The molecule has 1 unspecified atom stereocenters. The van der Waals surface area contributed by atoms with Crippen LogP contribution in [-0.2, 0) is 10.9 Å². The summed E-state index contributed by atoms with van der Waals surface area (Å²) in [6.07, 6.45) is -4.08. The Labute approximate surface area is 98.3 Å². The van der Waals surface area contributed by atoms with Gasteiger partial charge in [0.05, 0.1) is 11.7 Å². The third-order valence-electron chi connectivity index (χ3n) is 2.25. The largest absolute Gasteiger partial charge is 0.491 e. The normalized spacial score (nSPS) is 13.5. The molecule has 0 saturated carbocycles. The van der Waals surface area contributed by atoms with Crippen LogP contribution in [0.5, 0.6) is 5.75 Å². The molecule has 0 bridgehead atoms. The van der Waals surface area contributed by atoms with E-state index in [2.05, 4.69) is 6.92 Å². The standard InChI is InChI=1S/C12H14F3O2/c1-3-10(16-2)8-17-11-6-4-5-9(7-11)12(13,14)15/h4-7,10H,1,3,8H2,2H3. The van der Waals surface area contributed by atoms with Crippen molar-refractivity contribution >= 4 is 0 Å². The zero-order chi connectivity index (χ0) is 12.9. The first-order valence-electron chi connectivity index (χ1n) is 5.09. The zero-order valence-corrected chi connectivity index (χ0v) is 9.46. The van der Waals surface area contributed by atoms with Crippen molar-refractivity contribution in [3.05, 3.63) is 36.8 Å². The average molecular weight is 247 g/mol. The number of alkyl halides is 3. The van der Waals surface area contributed by atoms with Crippen LogP contribution in [0.25, 0.3) is 0 Å². The van der Waals surface area contributed by atoms with Crippen LogP contribution >= 0.6 is 0 Å². The SMILES string of the molecule is [CH2]CC(COc1cccc(C(F)(F)F)c1)OC. The summed E-state index contributed by atoms with van der Waals surface area (Å²) >= 11 is 0. The molecule has 0 saturated heterocycles. The van der Waals surface area contributed by atoms with Gasteiger partial charge in [-0.15, -0.1) is 0 Å². The Morgan fingerprint density at radius 2 is 2.06 bits per heavy atom. The second kappa shape index (κ2) is 5.91. The Kier molecular flexibility index (Phi) is 4.81. The van der Waals surface area contributed by atoms with Crippen LogP contribution in [-0.4, -0.2) is 19.8 Å². The Bertz CT molecular complexity index is 346. The molecule has 0 aromatic heterocycles. The number of benzene rings is 1. The molecule has 17 heavy (non-hydrogen) atoms. The fraction of sp³-hybridized carbons (Fsp3) is 0.417. The second-order valence-corrected chi connectivity index (χ2v) is 3.48. The van der Waals surface area contributed by atoms with Gasteiger partial charge >= 0.3 is 6.18 Å². The summed E-state index contributed by atoms with van der Waals surface area (Å²) in [5.74, 6) is 0.176. The van der Waals surface area contributed by atoms with E-state index >= 15 is 0 Å². The molecule has 0 heterocycles. The molecular weight excluding hydrogens is 233 g/mol. The molecule has 95 valence electrons. The summed E-state index contributed by atoms with van der Waals surface area (Å²) < 4.78 is 47.5. The van der Waals surface area contributed by atoms with Gasteiger partial charge in [-0.3, -0.25) is 0 Å². The zero-order valence-electron chi connectivity index (χ0n) is 9.46. The molecule has 1 aromatic rings. The molecule has 0 fully saturated rings. The van der Waals surface area contributed by atoms with Crippen LogP contribution in [0.2, 0.25) is 0 Å². The van der Waals surface area contributed by atoms with Crippen molar-refractivity contribution in [3.63, 3.8) is 0 Å². The first kappa shape index (κ1) is 13.8. The van der Waals surface area contributed by atoms with Crippen molar-refractivity contribution in [2.75, 3.05) is 13.7 Å². The summed E-state index contributed by atoms with van der Waals surface area (Å²) in [6, 6.07) is 4.76. The van der Waals surface area contributed by atoms with E-state index < -0.39 is 11.7 Å². The first-order chi connectivity index (χ1) is 7.97. The summed E-state index contributed by atoms with van der Waals surface area (Å²) in [7, 11) is 1.51. The van der Waals surface area contributed by atoms with Crippen molar-refractivity contribution in [2.45, 2.75) is 18.7 Å². The Hall–Kier alpha value is -1.23. The topological polar surface area (TPSA) is 18.5 Å². The smallest absolute Gasteiger partial charge is 0.416 e. The third kappa shape index (κ3) is 4.26. The molecule has 1 radical (unpaired) electrons. The summed E-state index contributed by atoms with van der Waals surface area (Å²) in [5, 5.41) is 0. The number of hydrogen-bond acceptors (Lipinski definition) is 2. The quantitative estimate of drug-likeness (QED) is 0.794. The van der Waals surface area contributed by atoms with Gasteiger partial charge in [0, 0.05) is 7.11 Å². The average Bonchev–Trinajstić information content (AvgIpc) is 2.30. The van der Waals surface area contributed by atoms with Gasteiger partial charge in [0.1, 0.15) is 12.4 Å². The van der Waals surface area contributed by atoms with E-state index in [1.807, 2.05) is 0 Å². The van der Waals surface area contributed by atoms with E-state index in [-0.39, 0.29) is 18.5 Å². The molecule has 1 rings (SSSR count). The highest BCUT2D eigenvalue weighted by Gasteiger charge is 2.30. The highest BCUT2D eigenvalue weighted by Crippen LogP contribution is 2.31. The molecule has 0 aliphatic carbocycles. The minimum absolute atomic E-state index is 0.176. The lowest BCUT2D eigenvalue weighted by Gasteiger charge is -2.15. The summed E-state index contributed by atoms with van der Waals surface area (Å²) in [5.41, 5.74) is -0.724. The first-order valence-corrected chi connectivity index (χ1v) is 5.09. The lowest BCUT2D eigenvalue weighted by Crippen LogP contribution is -2.19. The van der Waals surface area contributed by atoms with E-state index in [4.69, 9.17) is 9.47 Å². The van der Waals surface area contributed by atoms with E-state index in [0.29, 0.717) is 6.42 Å². The van der Waals surface area contributed by atoms with E-state index in [1.165, 1.54) is 19.2 Å². The highest BCUT2D eigenvalue weighted by molar-refractivity contribution is 5.30. The van der Waals surface area contributed by atoms with Gasteiger partial charge < -0.3 is 9.47 Å². The molecule has 1 aromatic carbocycles. The molecule has 0 spiro atoms. The predicted octanol–water partition coefficient (Wildman–Crippen LogP) is 3.32. The van der Waals surface area contributed by atoms with Crippen LogP contribution in [0.3, 0.4) is 0 Å². The Morgan fingerprint density at radius 1 is 1.35 bits per heavy atom. The highest BCUT2D eigenvalue weighted by atomic mass is 19.4. The molecular formula is C12H14F3O2. The van der Waals surface area contributed by atoms with Crippen LogP contribution in [0, 0.1) is 6.92 Å².